The van der Waals surface area contributed by atoms with E-state index in [1.807, 2.05) is 13.8 Å². The molecule has 0 spiro atoms. The third-order valence-corrected chi connectivity index (χ3v) is 1.48. The number of aliphatic hydroxyl groups is 1. The highest BCUT2D eigenvalue weighted by Crippen LogP contribution is 2.16. The van der Waals surface area contributed by atoms with E-state index in [-0.39, 0.29) is 0 Å². The van der Waals surface area contributed by atoms with Gasteiger partial charge in [0.1, 0.15) is 11.5 Å². The first-order chi connectivity index (χ1) is 4.61. The SMILES string of the molecule is Cc1cc(C(N)O)oc1C. The lowest BCUT2D eigenvalue weighted by Crippen LogP contribution is -2.06. The summed E-state index contributed by atoms with van der Waals surface area (Å²) in [4.78, 5) is 0. The van der Waals surface area contributed by atoms with Crippen molar-refractivity contribution in [2.24, 2.45) is 5.73 Å². The van der Waals surface area contributed by atoms with Gasteiger partial charge in [0.05, 0.1) is 0 Å². The Kier molecular flexibility index (Phi) is 1.78. The molecule has 1 aromatic rings. The highest BCUT2D eigenvalue weighted by Gasteiger charge is 2.07. The van der Waals surface area contributed by atoms with Crippen molar-refractivity contribution in [1.29, 1.82) is 0 Å². The standard InChI is InChI=1S/C7H11NO2/c1-4-3-6(7(8)9)10-5(4)2/h3,7,9H,8H2,1-2H3. The molecule has 0 aliphatic rings. The van der Waals surface area contributed by atoms with Crippen LogP contribution in [0.5, 0.6) is 0 Å². The number of rotatable bonds is 1. The molecule has 0 saturated heterocycles. The molecule has 56 valence electrons. The van der Waals surface area contributed by atoms with E-state index in [0.717, 1.165) is 11.3 Å². The first-order valence-electron chi connectivity index (χ1n) is 3.12. The zero-order valence-corrected chi connectivity index (χ0v) is 6.09. The summed E-state index contributed by atoms with van der Waals surface area (Å²) in [6.07, 6.45) is -0.993. The minimum absolute atomic E-state index is 0.426. The van der Waals surface area contributed by atoms with E-state index < -0.39 is 6.23 Å². The van der Waals surface area contributed by atoms with E-state index in [9.17, 15) is 0 Å². The summed E-state index contributed by atoms with van der Waals surface area (Å²) in [5, 5.41) is 8.85. The maximum atomic E-state index is 8.85. The largest absolute Gasteiger partial charge is 0.462 e. The summed E-state index contributed by atoms with van der Waals surface area (Å²) in [6, 6.07) is 1.74. The molecular formula is C7H11NO2. The Morgan fingerprint density at radius 3 is 2.40 bits per heavy atom. The van der Waals surface area contributed by atoms with Gasteiger partial charge in [-0.2, -0.15) is 0 Å². The molecule has 0 aliphatic heterocycles. The summed E-state index contributed by atoms with van der Waals surface area (Å²) in [5.41, 5.74) is 6.17. The minimum atomic E-state index is -0.993. The molecule has 0 aromatic carbocycles. The first kappa shape index (κ1) is 7.31. The van der Waals surface area contributed by atoms with Gasteiger partial charge in [0.25, 0.3) is 0 Å². The molecule has 0 fully saturated rings. The fourth-order valence-corrected chi connectivity index (χ4v) is 0.748. The molecule has 3 N–H and O–H groups in total. The maximum absolute atomic E-state index is 8.85. The zero-order chi connectivity index (χ0) is 7.72. The van der Waals surface area contributed by atoms with Crippen molar-refractivity contribution in [1.82, 2.24) is 0 Å². The molecule has 0 saturated carbocycles. The quantitative estimate of drug-likeness (QED) is 0.570. The van der Waals surface area contributed by atoms with Gasteiger partial charge in [-0.1, -0.05) is 0 Å². The highest BCUT2D eigenvalue weighted by atomic mass is 16.4. The average Bonchev–Trinajstić information content (AvgIpc) is 2.13. The normalized spacial score (nSPS) is 13.6. The Bertz CT molecular complexity index is 208. The van der Waals surface area contributed by atoms with E-state index in [1.54, 1.807) is 6.07 Å². The van der Waals surface area contributed by atoms with E-state index in [0.29, 0.717) is 5.76 Å². The number of hydrogen-bond donors (Lipinski definition) is 2. The monoisotopic (exact) mass is 141 g/mol. The molecule has 0 aliphatic carbocycles. The van der Waals surface area contributed by atoms with Gasteiger partial charge < -0.3 is 9.52 Å². The zero-order valence-electron chi connectivity index (χ0n) is 6.09. The molecule has 1 rings (SSSR count). The Labute approximate surface area is 59.5 Å². The third kappa shape index (κ3) is 1.20. The molecular weight excluding hydrogens is 130 g/mol. The van der Waals surface area contributed by atoms with E-state index in [1.165, 1.54) is 0 Å². The number of furan rings is 1. The van der Waals surface area contributed by atoms with Gasteiger partial charge in [-0.15, -0.1) is 0 Å². The summed E-state index contributed by atoms with van der Waals surface area (Å²) in [5.74, 6) is 1.23. The van der Waals surface area contributed by atoms with E-state index in [2.05, 4.69) is 0 Å². The Morgan fingerprint density at radius 1 is 1.60 bits per heavy atom. The number of nitrogens with two attached hydrogens (primary N) is 1. The second-order valence-corrected chi connectivity index (χ2v) is 2.33. The Balaban J connectivity index is 2.98. The molecule has 1 atom stereocenters. The molecule has 0 amide bonds. The number of aliphatic hydroxyl groups excluding tert-OH is 1. The van der Waals surface area contributed by atoms with Crippen LogP contribution in [0.3, 0.4) is 0 Å². The molecule has 1 unspecified atom stereocenters. The van der Waals surface area contributed by atoms with Crippen LogP contribution in [0.2, 0.25) is 0 Å². The van der Waals surface area contributed by atoms with Crippen LogP contribution < -0.4 is 5.73 Å². The van der Waals surface area contributed by atoms with Crippen LogP contribution in [0.4, 0.5) is 0 Å². The van der Waals surface area contributed by atoms with Gasteiger partial charge in [0.15, 0.2) is 6.23 Å². The molecule has 0 bridgehead atoms. The van der Waals surface area contributed by atoms with Crippen LogP contribution in [0.25, 0.3) is 0 Å². The van der Waals surface area contributed by atoms with Gasteiger partial charge in [-0.05, 0) is 25.5 Å². The van der Waals surface area contributed by atoms with Crippen molar-refractivity contribution in [3.63, 3.8) is 0 Å². The molecule has 10 heavy (non-hydrogen) atoms. The highest BCUT2D eigenvalue weighted by molar-refractivity contribution is 5.19. The van der Waals surface area contributed by atoms with Crippen LogP contribution in [0.15, 0.2) is 10.5 Å². The fraction of sp³-hybridized carbons (Fsp3) is 0.429. The van der Waals surface area contributed by atoms with Crippen molar-refractivity contribution in [2.45, 2.75) is 20.1 Å². The predicted octanol–water partition coefficient (Wildman–Crippen LogP) is 0.846. The second-order valence-electron chi connectivity index (χ2n) is 2.33. The second kappa shape index (κ2) is 2.44. The van der Waals surface area contributed by atoms with Gasteiger partial charge >= 0.3 is 0 Å². The van der Waals surface area contributed by atoms with Crippen molar-refractivity contribution >= 4 is 0 Å². The number of aryl methyl sites for hydroxylation is 2. The summed E-state index contributed by atoms with van der Waals surface area (Å²) < 4.78 is 5.10. The average molecular weight is 141 g/mol. The smallest absolute Gasteiger partial charge is 0.161 e. The lowest BCUT2D eigenvalue weighted by molar-refractivity contribution is 0.156. The van der Waals surface area contributed by atoms with E-state index in [4.69, 9.17) is 15.3 Å². The van der Waals surface area contributed by atoms with Crippen molar-refractivity contribution < 1.29 is 9.52 Å². The van der Waals surface area contributed by atoms with Gasteiger partial charge in [-0.3, -0.25) is 5.73 Å². The van der Waals surface area contributed by atoms with Crippen molar-refractivity contribution in [3.8, 4) is 0 Å². The van der Waals surface area contributed by atoms with E-state index >= 15 is 0 Å². The van der Waals surface area contributed by atoms with Crippen LogP contribution >= 0.6 is 0 Å². The summed E-state index contributed by atoms with van der Waals surface area (Å²) in [7, 11) is 0. The summed E-state index contributed by atoms with van der Waals surface area (Å²) in [6.45, 7) is 3.74. The van der Waals surface area contributed by atoms with Crippen LogP contribution in [0.1, 0.15) is 23.3 Å². The maximum Gasteiger partial charge on any atom is 0.161 e. The van der Waals surface area contributed by atoms with Gasteiger partial charge in [-0.25, -0.2) is 0 Å². The lowest BCUT2D eigenvalue weighted by Gasteiger charge is -1.96. The van der Waals surface area contributed by atoms with Crippen LogP contribution in [-0.4, -0.2) is 5.11 Å². The predicted molar refractivity (Wildman–Crippen MR) is 37.3 cm³/mol. The Hall–Kier alpha value is -0.800. The van der Waals surface area contributed by atoms with Crippen molar-refractivity contribution in [2.75, 3.05) is 0 Å². The van der Waals surface area contributed by atoms with Gasteiger partial charge in [0.2, 0.25) is 0 Å². The molecule has 0 radical (unpaired) electrons. The topological polar surface area (TPSA) is 59.4 Å². The van der Waals surface area contributed by atoms with Crippen LogP contribution in [-0.2, 0) is 0 Å². The molecule has 1 aromatic heterocycles. The molecule has 3 heteroatoms. The number of hydrogen-bond acceptors (Lipinski definition) is 3. The molecule has 1 heterocycles. The minimum Gasteiger partial charge on any atom is -0.462 e. The van der Waals surface area contributed by atoms with Crippen molar-refractivity contribution in [3.05, 3.63) is 23.2 Å². The van der Waals surface area contributed by atoms with Gasteiger partial charge in [0, 0.05) is 0 Å². The molecule has 3 nitrogen and oxygen atoms in total. The summed E-state index contributed by atoms with van der Waals surface area (Å²) >= 11 is 0. The third-order valence-electron chi connectivity index (χ3n) is 1.48. The Morgan fingerprint density at radius 2 is 2.20 bits per heavy atom. The first-order valence-corrected chi connectivity index (χ1v) is 3.12. The fourth-order valence-electron chi connectivity index (χ4n) is 0.748. The van der Waals surface area contributed by atoms with Crippen LogP contribution in [0, 0.1) is 13.8 Å². The lowest BCUT2D eigenvalue weighted by atomic mass is 10.3.